The molecule has 2 N–H and O–H groups in total. The maximum atomic E-state index is 12.3. The molecule has 0 aromatic carbocycles. The van der Waals surface area contributed by atoms with Gasteiger partial charge in [-0.1, -0.05) is 6.08 Å². The van der Waals surface area contributed by atoms with Crippen LogP contribution in [0.5, 0.6) is 0 Å². The maximum Gasteiger partial charge on any atom is 0.235 e. The van der Waals surface area contributed by atoms with Crippen LogP contribution in [0.1, 0.15) is 11.8 Å². The van der Waals surface area contributed by atoms with Crippen LogP contribution in [-0.4, -0.2) is 90.0 Å². The third-order valence-electron chi connectivity index (χ3n) is 6.02. The molecule has 11 nitrogen and oxygen atoms in total. The second-order valence-electron chi connectivity index (χ2n) is 8.42. The second-order valence-corrected chi connectivity index (χ2v) is 11.4. The van der Waals surface area contributed by atoms with Gasteiger partial charge in [-0.05, 0) is 13.0 Å². The number of hydrogen-bond acceptors (Lipinski definition) is 11. The van der Waals surface area contributed by atoms with Gasteiger partial charge in [-0.2, -0.15) is 4.31 Å². The Balaban J connectivity index is 1.41. The van der Waals surface area contributed by atoms with Crippen molar-refractivity contribution in [3.05, 3.63) is 34.8 Å². The summed E-state index contributed by atoms with van der Waals surface area (Å²) in [5.41, 5.74) is 7.24. The fourth-order valence-corrected chi connectivity index (χ4v) is 6.58. The lowest BCUT2D eigenvalue weighted by molar-refractivity contribution is 0.122. The summed E-state index contributed by atoms with van der Waals surface area (Å²) in [6.07, 6.45) is 4.85. The van der Waals surface area contributed by atoms with Crippen LogP contribution in [0.25, 0.3) is 21.6 Å². The van der Waals surface area contributed by atoms with E-state index in [4.69, 9.17) is 20.4 Å². The number of anilines is 2. The molecular formula is C22H28N8O3S2. The SMILES string of the molecule is C/C=C/S(=O)(=O)N1CCN(Cc2cc3nc(-c4cnc(N)nc4)nc(N4CCOCC4)c3s2)CC1. The highest BCUT2D eigenvalue weighted by Gasteiger charge is 2.26. The lowest BCUT2D eigenvalue weighted by atomic mass is 10.3. The molecule has 186 valence electrons. The van der Waals surface area contributed by atoms with E-state index in [1.54, 1.807) is 36.7 Å². The van der Waals surface area contributed by atoms with Gasteiger partial charge in [-0.25, -0.2) is 28.4 Å². The topological polar surface area (TPSA) is 131 Å². The van der Waals surface area contributed by atoms with Gasteiger partial charge in [-0.15, -0.1) is 11.3 Å². The zero-order chi connectivity index (χ0) is 24.4. The minimum Gasteiger partial charge on any atom is -0.378 e. The zero-order valence-electron chi connectivity index (χ0n) is 19.5. The predicted octanol–water partition coefficient (Wildman–Crippen LogP) is 1.55. The quantitative estimate of drug-likeness (QED) is 0.515. The molecule has 0 unspecified atom stereocenters. The number of ether oxygens (including phenoxy) is 1. The summed E-state index contributed by atoms with van der Waals surface area (Å²) in [6, 6.07) is 2.11. The van der Waals surface area contributed by atoms with Crippen molar-refractivity contribution in [2.45, 2.75) is 13.5 Å². The van der Waals surface area contributed by atoms with E-state index in [1.165, 1.54) is 14.6 Å². The number of hydrogen-bond donors (Lipinski definition) is 1. The van der Waals surface area contributed by atoms with Crippen molar-refractivity contribution in [3.8, 4) is 11.4 Å². The monoisotopic (exact) mass is 516 g/mol. The van der Waals surface area contributed by atoms with E-state index in [2.05, 4.69) is 25.8 Å². The highest BCUT2D eigenvalue weighted by molar-refractivity contribution is 7.92. The highest BCUT2D eigenvalue weighted by atomic mass is 32.2. The van der Waals surface area contributed by atoms with Gasteiger partial charge in [0.25, 0.3) is 0 Å². The Bertz CT molecular complexity index is 1310. The van der Waals surface area contributed by atoms with E-state index in [0.29, 0.717) is 50.8 Å². The van der Waals surface area contributed by atoms with Crippen LogP contribution in [0.3, 0.4) is 0 Å². The fraction of sp³-hybridized carbons (Fsp3) is 0.455. The summed E-state index contributed by atoms with van der Waals surface area (Å²) in [4.78, 5) is 23.6. The first kappa shape index (κ1) is 24.0. The number of nitrogens with zero attached hydrogens (tertiary/aromatic N) is 7. The fourth-order valence-electron chi connectivity index (χ4n) is 4.23. The first-order chi connectivity index (χ1) is 16.9. The van der Waals surface area contributed by atoms with Crippen LogP contribution in [0.15, 0.2) is 29.9 Å². The summed E-state index contributed by atoms with van der Waals surface area (Å²) in [7, 11) is -3.33. The molecule has 0 aliphatic carbocycles. The summed E-state index contributed by atoms with van der Waals surface area (Å²) in [5.74, 6) is 1.66. The van der Waals surface area contributed by atoms with Gasteiger partial charge < -0.3 is 15.4 Å². The Morgan fingerprint density at radius 2 is 1.80 bits per heavy atom. The van der Waals surface area contributed by atoms with E-state index >= 15 is 0 Å². The van der Waals surface area contributed by atoms with Crippen molar-refractivity contribution in [1.82, 2.24) is 29.1 Å². The van der Waals surface area contributed by atoms with Crippen LogP contribution < -0.4 is 10.6 Å². The second kappa shape index (κ2) is 10.1. The lowest BCUT2D eigenvalue weighted by Crippen LogP contribution is -2.47. The molecule has 0 saturated carbocycles. The zero-order valence-corrected chi connectivity index (χ0v) is 21.1. The molecule has 3 aromatic rings. The van der Waals surface area contributed by atoms with Crippen LogP contribution in [0.2, 0.25) is 0 Å². The van der Waals surface area contributed by atoms with Crippen molar-refractivity contribution < 1.29 is 13.2 Å². The normalized spacial score (nSPS) is 18.6. The smallest absolute Gasteiger partial charge is 0.235 e. The summed E-state index contributed by atoms with van der Waals surface area (Å²) in [5, 5.41) is 1.27. The van der Waals surface area contributed by atoms with Gasteiger partial charge in [0.05, 0.1) is 29.0 Å². The van der Waals surface area contributed by atoms with Crippen LogP contribution in [0.4, 0.5) is 11.8 Å². The Morgan fingerprint density at radius 1 is 1.09 bits per heavy atom. The summed E-state index contributed by atoms with van der Waals surface area (Å²) in [6.45, 7) is 7.63. The number of fused-ring (bicyclic) bond motifs is 1. The van der Waals surface area contributed by atoms with Gasteiger partial charge in [0, 0.05) is 68.5 Å². The molecule has 3 aromatic heterocycles. The molecule has 0 atom stereocenters. The molecule has 5 rings (SSSR count). The van der Waals surface area contributed by atoms with Crippen LogP contribution in [0, 0.1) is 0 Å². The number of aromatic nitrogens is 4. The van der Waals surface area contributed by atoms with Crippen molar-refractivity contribution in [2.24, 2.45) is 0 Å². The standard InChI is InChI=1S/C22H28N8O3S2/c1-2-11-35(31,32)30-5-3-28(4-6-30)15-17-12-18-19(34-17)21(29-7-9-33-10-8-29)27-20(26-18)16-13-24-22(23)25-14-16/h2,11-14H,3-10,15H2,1H3,(H2,23,24,25)/b11-2+. The molecule has 0 amide bonds. The molecule has 0 radical (unpaired) electrons. The summed E-state index contributed by atoms with van der Waals surface area (Å²) < 4.78 is 32.7. The molecule has 35 heavy (non-hydrogen) atoms. The van der Waals surface area contributed by atoms with E-state index in [1.807, 2.05) is 0 Å². The Labute approximate surface area is 208 Å². The Hall–Kier alpha value is -2.71. The van der Waals surface area contributed by atoms with E-state index < -0.39 is 10.0 Å². The number of thiophene rings is 1. The van der Waals surface area contributed by atoms with E-state index in [9.17, 15) is 8.42 Å². The van der Waals surface area contributed by atoms with Crippen molar-refractivity contribution in [1.29, 1.82) is 0 Å². The number of sulfonamides is 1. The first-order valence-electron chi connectivity index (χ1n) is 11.5. The largest absolute Gasteiger partial charge is 0.378 e. The number of rotatable bonds is 6. The number of allylic oxidation sites excluding steroid dienone is 1. The third kappa shape index (κ3) is 5.28. The lowest BCUT2D eigenvalue weighted by Gasteiger charge is -2.33. The number of piperazine rings is 1. The van der Waals surface area contributed by atoms with E-state index in [0.717, 1.165) is 35.7 Å². The van der Waals surface area contributed by atoms with E-state index in [-0.39, 0.29) is 5.95 Å². The predicted molar refractivity (Wildman–Crippen MR) is 136 cm³/mol. The molecule has 2 fully saturated rings. The molecule has 2 aliphatic heterocycles. The third-order valence-corrected chi connectivity index (χ3v) is 8.83. The highest BCUT2D eigenvalue weighted by Crippen LogP contribution is 2.35. The van der Waals surface area contributed by atoms with Gasteiger partial charge in [-0.3, -0.25) is 4.90 Å². The minimum absolute atomic E-state index is 0.208. The Kier molecular flexibility index (Phi) is 6.93. The molecule has 13 heteroatoms. The molecule has 5 heterocycles. The van der Waals surface area contributed by atoms with Gasteiger partial charge in [0.2, 0.25) is 16.0 Å². The molecular weight excluding hydrogens is 488 g/mol. The van der Waals surface area contributed by atoms with Crippen LogP contribution >= 0.6 is 11.3 Å². The molecule has 2 aliphatic rings. The maximum absolute atomic E-state index is 12.3. The van der Waals surface area contributed by atoms with Crippen LogP contribution in [-0.2, 0) is 21.3 Å². The van der Waals surface area contributed by atoms with Crippen molar-refractivity contribution in [3.63, 3.8) is 0 Å². The average Bonchev–Trinajstić information content (AvgIpc) is 3.27. The number of morpholine rings is 1. The molecule has 0 spiro atoms. The number of nitrogens with two attached hydrogens (primary N) is 1. The van der Waals surface area contributed by atoms with Crippen molar-refractivity contribution in [2.75, 3.05) is 63.1 Å². The summed E-state index contributed by atoms with van der Waals surface area (Å²) >= 11 is 1.69. The van der Waals surface area contributed by atoms with Crippen molar-refractivity contribution >= 4 is 43.3 Å². The van der Waals surface area contributed by atoms with Gasteiger partial charge in [0.1, 0.15) is 0 Å². The average molecular weight is 517 g/mol. The number of nitrogen functional groups attached to an aromatic ring is 1. The first-order valence-corrected chi connectivity index (χ1v) is 13.8. The van der Waals surface area contributed by atoms with Gasteiger partial charge in [0.15, 0.2) is 11.6 Å². The minimum atomic E-state index is -3.33. The molecule has 0 bridgehead atoms. The molecule has 2 saturated heterocycles. The Morgan fingerprint density at radius 3 is 2.49 bits per heavy atom. The van der Waals surface area contributed by atoms with Gasteiger partial charge >= 0.3 is 0 Å².